The van der Waals surface area contributed by atoms with Crippen molar-refractivity contribution in [3.63, 3.8) is 0 Å². The van der Waals surface area contributed by atoms with E-state index in [1.54, 1.807) is 0 Å². The fourth-order valence-electron chi connectivity index (χ4n) is 7.21. The maximum atomic E-state index is 9.97. The lowest BCUT2D eigenvalue weighted by atomic mass is 9.71. The lowest BCUT2D eigenvalue weighted by Crippen LogP contribution is -2.30. The summed E-state index contributed by atoms with van der Waals surface area (Å²) in [5.41, 5.74) is 9.88. The van der Waals surface area contributed by atoms with Crippen LogP contribution in [0.15, 0.2) is 120 Å². The number of benzene rings is 5. The van der Waals surface area contributed by atoms with Crippen molar-refractivity contribution in [1.82, 2.24) is 0 Å². The van der Waals surface area contributed by atoms with Gasteiger partial charge in [-0.1, -0.05) is 92.2 Å². The Morgan fingerprint density at radius 1 is 0.660 bits per heavy atom. The van der Waals surface area contributed by atoms with E-state index < -0.39 is 0 Å². The Hall–Kier alpha value is -6.66. The van der Waals surface area contributed by atoms with Gasteiger partial charge in [0.15, 0.2) is 0 Å². The van der Waals surface area contributed by atoms with Crippen LogP contribution in [0.3, 0.4) is 0 Å². The van der Waals surface area contributed by atoms with Crippen LogP contribution in [0, 0.1) is 52.2 Å². The first-order valence-electron chi connectivity index (χ1n) is 15.3. The molecule has 5 heteroatoms. The summed E-state index contributed by atoms with van der Waals surface area (Å²) >= 11 is 0. The van der Waals surface area contributed by atoms with Gasteiger partial charge < -0.3 is 4.90 Å². The summed E-state index contributed by atoms with van der Waals surface area (Å²) < 4.78 is 0. The predicted octanol–water partition coefficient (Wildman–Crippen LogP) is 9.96. The molecule has 220 valence electrons. The summed E-state index contributed by atoms with van der Waals surface area (Å²) in [5.74, 6) is 0. The number of para-hydroxylation sites is 2. The summed E-state index contributed by atoms with van der Waals surface area (Å²) in [6, 6.07) is 43.3. The largest absolute Gasteiger partial charge is 0.310 e. The highest BCUT2D eigenvalue weighted by Crippen LogP contribution is 2.54. The molecule has 5 aromatic carbocycles. The third-order valence-corrected chi connectivity index (χ3v) is 9.23. The minimum atomic E-state index is -0.295. The molecule has 0 aromatic heterocycles. The van der Waals surface area contributed by atoms with Crippen LogP contribution < -0.4 is 4.90 Å². The van der Waals surface area contributed by atoms with Crippen molar-refractivity contribution in [2.24, 2.45) is 0 Å². The van der Waals surface area contributed by atoms with Gasteiger partial charge in [-0.25, -0.2) is 0 Å². The summed E-state index contributed by atoms with van der Waals surface area (Å²) in [7, 11) is 0. The number of allylic oxidation sites excluding steroid dienone is 5. The zero-order valence-corrected chi connectivity index (χ0v) is 26.1. The zero-order valence-electron chi connectivity index (χ0n) is 26.1. The van der Waals surface area contributed by atoms with Gasteiger partial charge in [-0.05, 0) is 87.5 Å². The zero-order chi connectivity index (χ0) is 32.9. The molecule has 0 radical (unpaired) electrons. The van der Waals surface area contributed by atoms with Crippen LogP contribution in [-0.4, -0.2) is 0 Å². The molecule has 0 saturated carbocycles. The fraction of sp³-hybridized carbons (Fsp3) is 0.0952. The molecular formula is C42H27N5. The molecule has 0 spiro atoms. The first kappa shape index (κ1) is 29.1. The molecule has 7 rings (SSSR count). The van der Waals surface area contributed by atoms with E-state index in [9.17, 15) is 21.0 Å². The van der Waals surface area contributed by atoms with Crippen LogP contribution in [0.25, 0.3) is 28.0 Å². The highest BCUT2D eigenvalue weighted by molar-refractivity contribution is 6.15. The van der Waals surface area contributed by atoms with Gasteiger partial charge in [-0.3, -0.25) is 0 Å². The molecule has 0 unspecified atom stereocenters. The van der Waals surface area contributed by atoms with E-state index in [1.807, 2.05) is 67.6 Å². The lowest BCUT2D eigenvalue weighted by Gasteiger charge is -2.42. The number of anilines is 3. The lowest BCUT2D eigenvalue weighted by molar-refractivity contribution is 0.638. The SMILES string of the molecule is Cc1ccc2c(c1)C(=C(C#N)C#N)/C(=C\c1ccc3c4c(ccc3c1)N(c1ccccc1)c1ccccc1C4(C)C)C2=C(C#N)C#N. The number of aryl methyl sites for hydroxylation is 1. The molecule has 0 amide bonds. The first-order chi connectivity index (χ1) is 22.8. The Kier molecular flexibility index (Phi) is 6.84. The van der Waals surface area contributed by atoms with Crippen LogP contribution in [-0.2, 0) is 5.41 Å². The number of hydrogen-bond donors (Lipinski definition) is 0. The quantitative estimate of drug-likeness (QED) is 0.188. The smallest absolute Gasteiger partial charge is 0.138 e. The summed E-state index contributed by atoms with van der Waals surface area (Å²) in [5, 5.41) is 42.0. The molecule has 0 N–H and O–H groups in total. The molecule has 0 bridgehead atoms. The van der Waals surface area contributed by atoms with Gasteiger partial charge in [0.1, 0.15) is 35.4 Å². The number of nitrogens with zero attached hydrogens (tertiary/aromatic N) is 5. The van der Waals surface area contributed by atoms with Crippen molar-refractivity contribution in [3.05, 3.63) is 153 Å². The first-order valence-corrected chi connectivity index (χ1v) is 15.3. The highest BCUT2D eigenvalue weighted by Gasteiger charge is 2.38. The average molecular weight is 602 g/mol. The molecule has 1 heterocycles. The second-order valence-corrected chi connectivity index (χ2v) is 12.3. The van der Waals surface area contributed by atoms with E-state index in [1.165, 1.54) is 11.1 Å². The van der Waals surface area contributed by atoms with Crippen LogP contribution in [0.2, 0.25) is 0 Å². The second kappa shape index (κ2) is 11.1. The van der Waals surface area contributed by atoms with E-state index in [0.29, 0.717) is 27.8 Å². The summed E-state index contributed by atoms with van der Waals surface area (Å²) in [4.78, 5) is 2.33. The third-order valence-electron chi connectivity index (χ3n) is 9.23. The highest BCUT2D eigenvalue weighted by atomic mass is 15.2. The van der Waals surface area contributed by atoms with E-state index >= 15 is 0 Å². The minimum absolute atomic E-state index is 0.0652. The van der Waals surface area contributed by atoms with E-state index in [2.05, 4.69) is 91.5 Å². The minimum Gasteiger partial charge on any atom is -0.310 e. The van der Waals surface area contributed by atoms with Crippen molar-refractivity contribution >= 4 is 45.1 Å². The van der Waals surface area contributed by atoms with Gasteiger partial charge in [0.25, 0.3) is 0 Å². The standard InChI is InChI=1S/C42H27N5/c1-26-13-16-33-34(19-26)40(30(24-45)25-46)35(39(33)29(22-43)23-44)21-27-14-17-32-28(20-27)15-18-38-41(32)42(2,3)36-11-7-8-12-37(36)47(38)31-9-5-4-6-10-31/h4-21H,1-3H3/b35-21-. The molecule has 2 aliphatic rings. The Labute approximate surface area is 274 Å². The fourth-order valence-corrected chi connectivity index (χ4v) is 7.21. The van der Waals surface area contributed by atoms with Crippen LogP contribution in [0.5, 0.6) is 0 Å². The van der Waals surface area contributed by atoms with Crippen molar-refractivity contribution < 1.29 is 0 Å². The van der Waals surface area contributed by atoms with Crippen molar-refractivity contribution in [2.45, 2.75) is 26.2 Å². The van der Waals surface area contributed by atoms with Crippen LogP contribution in [0.4, 0.5) is 17.1 Å². The Morgan fingerprint density at radius 3 is 2.02 bits per heavy atom. The van der Waals surface area contributed by atoms with E-state index in [0.717, 1.165) is 39.0 Å². The Balaban J connectivity index is 1.48. The molecule has 47 heavy (non-hydrogen) atoms. The Morgan fingerprint density at radius 2 is 1.32 bits per heavy atom. The number of nitriles is 4. The number of fused-ring (bicyclic) bond motifs is 5. The van der Waals surface area contributed by atoms with E-state index in [-0.39, 0.29) is 16.6 Å². The normalized spacial score (nSPS) is 14.7. The molecule has 0 fully saturated rings. The topological polar surface area (TPSA) is 98.4 Å². The second-order valence-electron chi connectivity index (χ2n) is 12.3. The van der Waals surface area contributed by atoms with Crippen LogP contribution in [0.1, 0.15) is 47.2 Å². The molecule has 5 aromatic rings. The van der Waals surface area contributed by atoms with Gasteiger partial charge >= 0.3 is 0 Å². The third kappa shape index (κ3) is 4.42. The maximum absolute atomic E-state index is 9.97. The average Bonchev–Trinajstić information content (AvgIpc) is 3.38. The molecule has 1 aliphatic carbocycles. The molecular weight excluding hydrogens is 574 g/mol. The van der Waals surface area contributed by atoms with Gasteiger partial charge in [0, 0.05) is 22.2 Å². The van der Waals surface area contributed by atoms with Crippen molar-refractivity contribution in [3.8, 4) is 24.3 Å². The Bertz CT molecular complexity index is 2400. The maximum Gasteiger partial charge on any atom is 0.138 e. The van der Waals surface area contributed by atoms with Crippen molar-refractivity contribution in [2.75, 3.05) is 4.90 Å². The predicted molar refractivity (Wildman–Crippen MR) is 186 cm³/mol. The molecule has 0 atom stereocenters. The molecule has 5 nitrogen and oxygen atoms in total. The number of rotatable bonds is 2. The van der Waals surface area contributed by atoms with Gasteiger partial charge in [0.05, 0.1) is 11.4 Å². The van der Waals surface area contributed by atoms with E-state index in [4.69, 9.17) is 0 Å². The molecule has 1 aliphatic heterocycles. The van der Waals surface area contributed by atoms with Gasteiger partial charge in [-0.2, -0.15) is 21.0 Å². The van der Waals surface area contributed by atoms with Gasteiger partial charge in [0.2, 0.25) is 0 Å². The van der Waals surface area contributed by atoms with Gasteiger partial charge in [-0.15, -0.1) is 0 Å². The summed E-state index contributed by atoms with van der Waals surface area (Å²) in [6.45, 7) is 6.47. The monoisotopic (exact) mass is 601 g/mol. The summed E-state index contributed by atoms with van der Waals surface area (Å²) in [6.07, 6.45) is 1.89. The molecule has 0 saturated heterocycles. The van der Waals surface area contributed by atoms with Crippen LogP contribution >= 0.6 is 0 Å². The van der Waals surface area contributed by atoms with Crippen molar-refractivity contribution in [1.29, 1.82) is 21.0 Å². The number of hydrogen-bond acceptors (Lipinski definition) is 5.